The molecule has 1 aromatic carbocycles. The van der Waals surface area contributed by atoms with Gasteiger partial charge >= 0.3 is 0 Å². The van der Waals surface area contributed by atoms with Crippen LogP contribution in [0.25, 0.3) is 0 Å². The second kappa shape index (κ2) is 6.56. The van der Waals surface area contributed by atoms with E-state index in [2.05, 4.69) is 0 Å². The number of carbonyl (C=O) groups is 2. The second-order valence-corrected chi connectivity index (χ2v) is 5.50. The van der Waals surface area contributed by atoms with Gasteiger partial charge in [0.05, 0.1) is 24.3 Å². The summed E-state index contributed by atoms with van der Waals surface area (Å²) in [5.41, 5.74) is 0.802. The van der Waals surface area contributed by atoms with Crippen LogP contribution < -0.4 is 0 Å². The minimum atomic E-state index is -0.634. The van der Waals surface area contributed by atoms with Crippen LogP contribution in [0.15, 0.2) is 24.3 Å². The van der Waals surface area contributed by atoms with Gasteiger partial charge in [-0.05, 0) is 31.4 Å². The topological polar surface area (TPSA) is 76.1 Å². The van der Waals surface area contributed by atoms with Gasteiger partial charge in [0, 0.05) is 6.61 Å². The Labute approximate surface area is 128 Å². The van der Waals surface area contributed by atoms with Crippen LogP contribution in [0.1, 0.15) is 40.0 Å². The number of hydrogen-bond donors (Lipinski definition) is 1. The molecular weight excluding hydrogens is 286 g/mol. The molecule has 2 amide bonds. The molecule has 1 fully saturated rings. The Morgan fingerprint density at radius 2 is 1.91 bits per heavy atom. The summed E-state index contributed by atoms with van der Waals surface area (Å²) >= 11 is 0. The van der Waals surface area contributed by atoms with Crippen molar-refractivity contribution >= 4 is 11.8 Å². The molecule has 2 aliphatic heterocycles. The van der Waals surface area contributed by atoms with Crippen LogP contribution >= 0.6 is 0 Å². The lowest BCUT2D eigenvalue weighted by Crippen LogP contribution is -2.42. The lowest BCUT2D eigenvalue weighted by molar-refractivity contribution is -0.195. The molecule has 0 aliphatic carbocycles. The van der Waals surface area contributed by atoms with E-state index in [0.717, 1.165) is 24.2 Å². The number of amides is 2. The molecule has 0 bridgehead atoms. The van der Waals surface area contributed by atoms with Crippen molar-refractivity contribution in [2.75, 3.05) is 19.8 Å². The number of benzene rings is 1. The minimum Gasteiger partial charge on any atom is -0.394 e. The number of hydrogen-bond acceptors (Lipinski definition) is 5. The Morgan fingerprint density at radius 1 is 1.23 bits per heavy atom. The molecule has 118 valence electrons. The summed E-state index contributed by atoms with van der Waals surface area (Å²) in [6.45, 7) is 0.395. The van der Waals surface area contributed by atoms with E-state index in [1.165, 1.54) is 0 Å². The molecule has 0 spiro atoms. The molecule has 1 aromatic rings. The number of rotatable bonds is 5. The number of aliphatic hydroxyl groups excluding tert-OH is 1. The summed E-state index contributed by atoms with van der Waals surface area (Å²) in [5, 5.41) is 9.48. The summed E-state index contributed by atoms with van der Waals surface area (Å²) in [6.07, 6.45) is 1.77. The SMILES string of the molecule is O=C1c2ccccc2C(=O)N1CC(CO)OC1CCCCO1. The molecule has 0 aromatic heterocycles. The van der Waals surface area contributed by atoms with Gasteiger partial charge < -0.3 is 14.6 Å². The third kappa shape index (κ3) is 2.90. The molecule has 2 heterocycles. The zero-order valence-corrected chi connectivity index (χ0v) is 12.2. The van der Waals surface area contributed by atoms with Gasteiger partial charge in [0.1, 0.15) is 6.10 Å². The first kappa shape index (κ1) is 15.1. The molecule has 1 N–H and O–H groups in total. The van der Waals surface area contributed by atoms with Crippen molar-refractivity contribution in [1.82, 2.24) is 4.90 Å². The van der Waals surface area contributed by atoms with Crippen molar-refractivity contribution in [3.8, 4) is 0 Å². The summed E-state index contributed by atoms with van der Waals surface area (Å²) in [5.74, 6) is -0.681. The number of ether oxygens (including phenoxy) is 2. The van der Waals surface area contributed by atoms with Crippen LogP contribution in [-0.4, -0.2) is 54.0 Å². The Hall–Kier alpha value is -1.76. The minimum absolute atomic E-state index is 0.0305. The van der Waals surface area contributed by atoms with Crippen LogP contribution in [0.2, 0.25) is 0 Å². The number of carbonyl (C=O) groups excluding carboxylic acids is 2. The maximum Gasteiger partial charge on any atom is 0.261 e. The molecule has 1 saturated heterocycles. The molecule has 3 rings (SSSR count). The monoisotopic (exact) mass is 305 g/mol. The Bertz CT molecular complexity index is 532. The van der Waals surface area contributed by atoms with Gasteiger partial charge in [-0.1, -0.05) is 12.1 Å². The van der Waals surface area contributed by atoms with Crippen LogP contribution in [0.3, 0.4) is 0 Å². The maximum absolute atomic E-state index is 12.3. The highest BCUT2D eigenvalue weighted by Gasteiger charge is 2.37. The fourth-order valence-corrected chi connectivity index (χ4v) is 2.79. The highest BCUT2D eigenvalue weighted by Crippen LogP contribution is 2.23. The number of imide groups is 1. The molecule has 22 heavy (non-hydrogen) atoms. The Balaban J connectivity index is 1.67. The van der Waals surface area contributed by atoms with Gasteiger partial charge in [0.15, 0.2) is 6.29 Å². The number of nitrogens with zero attached hydrogens (tertiary/aromatic N) is 1. The van der Waals surface area contributed by atoms with Gasteiger partial charge in [-0.15, -0.1) is 0 Å². The highest BCUT2D eigenvalue weighted by molar-refractivity contribution is 6.21. The Morgan fingerprint density at radius 3 is 2.45 bits per heavy atom. The summed E-state index contributed by atoms with van der Waals surface area (Å²) in [4.78, 5) is 25.7. The highest BCUT2D eigenvalue weighted by atomic mass is 16.7. The van der Waals surface area contributed by atoms with E-state index in [9.17, 15) is 14.7 Å². The second-order valence-electron chi connectivity index (χ2n) is 5.50. The normalized spacial score (nSPS) is 22.8. The molecule has 0 radical (unpaired) electrons. The van der Waals surface area contributed by atoms with Crippen molar-refractivity contribution in [3.05, 3.63) is 35.4 Å². The largest absolute Gasteiger partial charge is 0.394 e. The lowest BCUT2D eigenvalue weighted by atomic mass is 10.1. The van der Waals surface area contributed by atoms with Crippen molar-refractivity contribution in [2.45, 2.75) is 31.7 Å². The predicted octanol–water partition coefficient (Wildman–Crippen LogP) is 1.19. The predicted molar refractivity (Wildman–Crippen MR) is 77.4 cm³/mol. The van der Waals surface area contributed by atoms with Gasteiger partial charge in [0.25, 0.3) is 11.8 Å². The molecule has 2 aliphatic rings. The van der Waals surface area contributed by atoms with Crippen LogP contribution in [0.5, 0.6) is 0 Å². The van der Waals surface area contributed by atoms with E-state index in [0.29, 0.717) is 17.7 Å². The summed E-state index contributed by atoms with van der Waals surface area (Å²) < 4.78 is 11.1. The van der Waals surface area contributed by atoms with Crippen molar-refractivity contribution in [2.24, 2.45) is 0 Å². The average Bonchev–Trinajstić information content (AvgIpc) is 2.80. The first-order chi connectivity index (χ1) is 10.7. The van der Waals surface area contributed by atoms with Crippen molar-refractivity contribution in [3.63, 3.8) is 0 Å². The smallest absolute Gasteiger partial charge is 0.261 e. The van der Waals surface area contributed by atoms with E-state index >= 15 is 0 Å². The zero-order valence-electron chi connectivity index (χ0n) is 12.2. The van der Waals surface area contributed by atoms with Crippen LogP contribution in [0.4, 0.5) is 0 Å². The lowest BCUT2D eigenvalue weighted by Gasteiger charge is -2.28. The van der Waals surface area contributed by atoms with Crippen LogP contribution in [0, 0.1) is 0 Å². The fourth-order valence-electron chi connectivity index (χ4n) is 2.79. The first-order valence-corrected chi connectivity index (χ1v) is 7.54. The maximum atomic E-state index is 12.3. The third-order valence-electron chi connectivity index (χ3n) is 3.95. The van der Waals surface area contributed by atoms with Crippen LogP contribution in [-0.2, 0) is 9.47 Å². The van der Waals surface area contributed by atoms with E-state index in [4.69, 9.17) is 9.47 Å². The van der Waals surface area contributed by atoms with Gasteiger partial charge in [-0.2, -0.15) is 0 Å². The van der Waals surface area contributed by atoms with Crippen molar-refractivity contribution in [1.29, 1.82) is 0 Å². The number of fused-ring (bicyclic) bond motifs is 1. The van der Waals surface area contributed by atoms with E-state index in [1.807, 2.05) is 0 Å². The van der Waals surface area contributed by atoms with Gasteiger partial charge in [-0.3, -0.25) is 14.5 Å². The molecule has 6 nitrogen and oxygen atoms in total. The molecule has 6 heteroatoms. The molecule has 2 atom stereocenters. The summed E-state index contributed by atoms with van der Waals surface area (Å²) in [7, 11) is 0. The first-order valence-electron chi connectivity index (χ1n) is 7.54. The zero-order chi connectivity index (χ0) is 15.5. The van der Waals surface area contributed by atoms with E-state index < -0.39 is 6.10 Å². The van der Waals surface area contributed by atoms with Gasteiger partial charge in [-0.25, -0.2) is 0 Å². The van der Waals surface area contributed by atoms with E-state index in [1.54, 1.807) is 24.3 Å². The summed E-state index contributed by atoms with van der Waals surface area (Å²) in [6, 6.07) is 6.72. The molecule has 2 unspecified atom stereocenters. The third-order valence-corrected chi connectivity index (χ3v) is 3.95. The number of aliphatic hydroxyl groups is 1. The molecular formula is C16H19NO5. The van der Waals surface area contributed by atoms with E-state index in [-0.39, 0.29) is 31.3 Å². The average molecular weight is 305 g/mol. The standard InChI is InChI=1S/C16H19NO5/c18-10-11(22-14-7-3-4-8-21-14)9-17-15(19)12-5-1-2-6-13(12)16(17)20/h1-2,5-6,11,14,18H,3-4,7-10H2. The fraction of sp³-hybridized carbons (Fsp3) is 0.500. The van der Waals surface area contributed by atoms with Crippen molar-refractivity contribution < 1.29 is 24.2 Å². The Kier molecular flexibility index (Phi) is 4.52. The molecule has 0 saturated carbocycles. The van der Waals surface area contributed by atoms with Gasteiger partial charge in [0.2, 0.25) is 0 Å². The quantitative estimate of drug-likeness (QED) is 0.827.